The highest BCUT2D eigenvalue weighted by Gasteiger charge is 2.47. The summed E-state index contributed by atoms with van der Waals surface area (Å²) in [5.41, 5.74) is 12.0. The van der Waals surface area contributed by atoms with Crippen LogP contribution in [0.15, 0.2) is 58.0 Å². The van der Waals surface area contributed by atoms with Gasteiger partial charge in [0.1, 0.15) is 10.8 Å². The number of Topliss-reactive ketones (excluding diaryl/α,β-unsaturated/α-hetero) is 1. The van der Waals surface area contributed by atoms with E-state index >= 15 is 0 Å². The molecule has 33 heavy (non-hydrogen) atoms. The molecule has 0 saturated carbocycles. The number of carbonyl (C=O) groups excluding carboxylic acids is 1. The van der Waals surface area contributed by atoms with Gasteiger partial charge in [-0.05, 0) is 48.6 Å². The molecule has 4 aliphatic rings. The van der Waals surface area contributed by atoms with Gasteiger partial charge in [-0.2, -0.15) is 5.26 Å². The van der Waals surface area contributed by atoms with E-state index in [2.05, 4.69) is 24.8 Å². The molecule has 2 aromatic rings. The summed E-state index contributed by atoms with van der Waals surface area (Å²) in [7, 11) is 0. The maximum Gasteiger partial charge on any atom is 0.162 e. The van der Waals surface area contributed by atoms with Gasteiger partial charge >= 0.3 is 0 Å². The van der Waals surface area contributed by atoms with E-state index in [0.717, 1.165) is 53.1 Å². The molecule has 1 aromatic carbocycles. The van der Waals surface area contributed by atoms with Crippen LogP contribution >= 0.6 is 11.3 Å². The number of hydrogen-bond acceptors (Lipinski definition) is 6. The first kappa shape index (κ1) is 20.4. The van der Waals surface area contributed by atoms with Crippen molar-refractivity contribution in [3.05, 3.63) is 74.6 Å². The molecule has 2 N–H and O–H groups in total. The molecule has 2 aliphatic carbocycles. The third-order valence-corrected chi connectivity index (χ3v) is 8.57. The Morgan fingerprint density at radius 3 is 2.70 bits per heavy atom. The number of nitriles is 1. The SMILES string of the molecule is CC1(C)CC(=O)C2=C(C1)N1C(=C(C#N)C2c2ccccc2)N=C(N)c2c1sc1c2CCCC1. The van der Waals surface area contributed by atoms with E-state index < -0.39 is 5.92 Å². The van der Waals surface area contributed by atoms with Crippen molar-refractivity contribution in [2.75, 3.05) is 4.90 Å². The van der Waals surface area contributed by atoms with Crippen molar-refractivity contribution < 1.29 is 4.79 Å². The highest BCUT2D eigenvalue weighted by Crippen LogP contribution is 2.55. The molecule has 1 unspecified atom stereocenters. The lowest BCUT2D eigenvalue weighted by Gasteiger charge is -2.44. The lowest BCUT2D eigenvalue weighted by Crippen LogP contribution is -2.41. The molecule has 0 fully saturated rings. The van der Waals surface area contributed by atoms with Gasteiger partial charge < -0.3 is 5.73 Å². The summed E-state index contributed by atoms with van der Waals surface area (Å²) in [5.74, 6) is 0.820. The molecule has 1 atom stereocenters. The molecule has 2 aliphatic heterocycles. The molecule has 1 aromatic heterocycles. The minimum atomic E-state index is -0.409. The van der Waals surface area contributed by atoms with Crippen molar-refractivity contribution in [3.63, 3.8) is 0 Å². The molecule has 0 saturated heterocycles. The summed E-state index contributed by atoms with van der Waals surface area (Å²) < 4.78 is 0. The van der Waals surface area contributed by atoms with Gasteiger partial charge in [0, 0.05) is 22.6 Å². The topological polar surface area (TPSA) is 82.5 Å². The van der Waals surface area contributed by atoms with Gasteiger partial charge in [-0.3, -0.25) is 9.69 Å². The standard InChI is InChI=1S/C27H26N4OS/c1-27(2)12-18-23(19(32)13-27)21(15-8-4-3-5-9-15)17(14-28)25-30-24(29)22-16-10-6-7-11-20(16)33-26(22)31(18)25/h3-5,8-9,21H,6-7,10-13H2,1-2H3,(H2,29,30). The minimum absolute atomic E-state index is 0.132. The minimum Gasteiger partial charge on any atom is -0.383 e. The zero-order valence-electron chi connectivity index (χ0n) is 18.9. The number of thiophene rings is 1. The number of ketones is 1. The normalized spacial score (nSPS) is 23.3. The first-order valence-electron chi connectivity index (χ1n) is 11.6. The Labute approximate surface area is 197 Å². The largest absolute Gasteiger partial charge is 0.383 e. The number of aryl methyl sites for hydroxylation is 1. The van der Waals surface area contributed by atoms with E-state index in [1.54, 1.807) is 11.3 Å². The molecular formula is C27H26N4OS. The molecule has 5 nitrogen and oxygen atoms in total. The number of amidine groups is 1. The summed E-state index contributed by atoms with van der Waals surface area (Å²) in [5, 5.41) is 11.4. The molecule has 0 amide bonds. The van der Waals surface area contributed by atoms with E-state index in [-0.39, 0.29) is 11.2 Å². The van der Waals surface area contributed by atoms with Gasteiger partial charge in [0.15, 0.2) is 11.6 Å². The number of carbonyl (C=O) groups is 1. The third-order valence-electron chi connectivity index (χ3n) is 7.29. The van der Waals surface area contributed by atoms with Gasteiger partial charge in [-0.1, -0.05) is 44.2 Å². The van der Waals surface area contributed by atoms with Crippen LogP contribution < -0.4 is 10.6 Å². The van der Waals surface area contributed by atoms with E-state index in [4.69, 9.17) is 10.7 Å². The molecule has 3 heterocycles. The number of hydrogen-bond donors (Lipinski definition) is 1. The van der Waals surface area contributed by atoms with E-state index in [1.165, 1.54) is 16.9 Å². The van der Waals surface area contributed by atoms with Crippen LogP contribution in [0.25, 0.3) is 0 Å². The smallest absolute Gasteiger partial charge is 0.162 e. The second kappa shape index (κ2) is 7.16. The van der Waals surface area contributed by atoms with Crippen molar-refractivity contribution in [1.82, 2.24) is 0 Å². The van der Waals surface area contributed by atoms with Gasteiger partial charge in [0.05, 0.1) is 23.1 Å². The Kier molecular flexibility index (Phi) is 4.44. The number of anilines is 1. The maximum atomic E-state index is 13.7. The fourth-order valence-corrected chi connectivity index (χ4v) is 7.34. The zero-order chi connectivity index (χ0) is 22.9. The summed E-state index contributed by atoms with van der Waals surface area (Å²) in [4.78, 5) is 22.0. The van der Waals surface area contributed by atoms with Crippen LogP contribution in [0.3, 0.4) is 0 Å². The molecule has 0 spiro atoms. The first-order valence-corrected chi connectivity index (χ1v) is 12.5. The molecular weight excluding hydrogens is 428 g/mol. The van der Waals surface area contributed by atoms with E-state index in [0.29, 0.717) is 23.7 Å². The average Bonchev–Trinajstić information content (AvgIpc) is 3.18. The Morgan fingerprint density at radius 1 is 1.18 bits per heavy atom. The van der Waals surface area contributed by atoms with Crippen LogP contribution in [-0.2, 0) is 17.6 Å². The summed E-state index contributed by atoms with van der Waals surface area (Å²) in [6.07, 6.45) is 5.66. The van der Waals surface area contributed by atoms with Crippen LogP contribution in [0.5, 0.6) is 0 Å². The number of aliphatic imine (C=N–C) groups is 1. The van der Waals surface area contributed by atoms with Gasteiger partial charge in [0.2, 0.25) is 0 Å². The van der Waals surface area contributed by atoms with Gasteiger partial charge in [-0.25, -0.2) is 4.99 Å². The van der Waals surface area contributed by atoms with Crippen LogP contribution in [0, 0.1) is 16.7 Å². The van der Waals surface area contributed by atoms with Gasteiger partial charge in [-0.15, -0.1) is 11.3 Å². The van der Waals surface area contributed by atoms with Crippen LogP contribution in [-0.4, -0.2) is 11.6 Å². The van der Waals surface area contributed by atoms with Crippen molar-refractivity contribution in [2.24, 2.45) is 16.1 Å². The number of benzene rings is 1. The van der Waals surface area contributed by atoms with Crippen LogP contribution in [0.2, 0.25) is 0 Å². The first-order chi connectivity index (χ1) is 15.9. The van der Waals surface area contributed by atoms with E-state index in [1.807, 2.05) is 30.3 Å². The zero-order valence-corrected chi connectivity index (χ0v) is 19.8. The Morgan fingerprint density at radius 2 is 1.94 bits per heavy atom. The lowest BCUT2D eigenvalue weighted by atomic mass is 9.68. The molecule has 6 heteroatoms. The number of rotatable bonds is 1. The van der Waals surface area contributed by atoms with Crippen molar-refractivity contribution in [2.45, 2.75) is 58.3 Å². The summed E-state index contributed by atoms with van der Waals surface area (Å²) in [6, 6.07) is 12.3. The Hall–Kier alpha value is -3.17. The quantitative estimate of drug-likeness (QED) is 0.631. The lowest BCUT2D eigenvalue weighted by molar-refractivity contribution is -0.118. The van der Waals surface area contributed by atoms with Gasteiger partial charge in [0.25, 0.3) is 0 Å². The molecule has 0 radical (unpaired) electrons. The highest BCUT2D eigenvalue weighted by atomic mass is 32.1. The third kappa shape index (κ3) is 2.95. The summed E-state index contributed by atoms with van der Waals surface area (Å²) in [6.45, 7) is 4.30. The van der Waals surface area contributed by atoms with Crippen molar-refractivity contribution >= 4 is 28.0 Å². The number of fused-ring (bicyclic) bond motifs is 6. The van der Waals surface area contributed by atoms with Crippen LogP contribution in [0.4, 0.5) is 5.00 Å². The van der Waals surface area contributed by atoms with Crippen molar-refractivity contribution in [1.29, 1.82) is 5.26 Å². The predicted molar refractivity (Wildman–Crippen MR) is 131 cm³/mol. The van der Waals surface area contributed by atoms with Crippen LogP contribution in [0.1, 0.15) is 67.0 Å². The maximum absolute atomic E-state index is 13.7. The molecule has 6 rings (SSSR count). The highest BCUT2D eigenvalue weighted by molar-refractivity contribution is 7.17. The second-order valence-corrected chi connectivity index (χ2v) is 11.3. The fourth-order valence-electron chi connectivity index (χ4n) is 5.92. The molecule has 166 valence electrons. The second-order valence-electron chi connectivity index (χ2n) is 10.2. The van der Waals surface area contributed by atoms with Crippen molar-refractivity contribution in [3.8, 4) is 6.07 Å². The average molecular weight is 455 g/mol. The number of nitrogens with two attached hydrogens (primary N) is 1. The fraction of sp³-hybridized carbons (Fsp3) is 0.370. The Balaban J connectivity index is 1.67. The monoisotopic (exact) mass is 454 g/mol. The number of nitrogens with zero attached hydrogens (tertiary/aromatic N) is 3. The number of allylic oxidation sites excluding steroid dienone is 3. The predicted octanol–water partition coefficient (Wildman–Crippen LogP) is 5.33. The molecule has 0 bridgehead atoms. The summed E-state index contributed by atoms with van der Waals surface area (Å²) >= 11 is 1.77. The van der Waals surface area contributed by atoms with E-state index in [9.17, 15) is 10.1 Å². The Bertz CT molecular complexity index is 1340.